The first kappa shape index (κ1) is 14.8. The van der Waals surface area contributed by atoms with Crippen molar-refractivity contribution in [2.24, 2.45) is 0 Å². The molecule has 4 heteroatoms. The van der Waals surface area contributed by atoms with Gasteiger partial charge in [0.2, 0.25) is 0 Å². The third-order valence-corrected chi connectivity index (χ3v) is 5.15. The third-order valence-electron chi connectivity index (χ3n) is 3.96. The molecule has 0 saturated heterocycles. The highest BCUT2D eigenvalue weighted by molar-refractivity contribution is 7.15. The number of aromatic nitrogens is 1. The maximum absolute atomic E-state index is 4.90. The van der Waals surface area contributed by atoms with Crippen LogP contribution in [0.5, 0.6) is 0 Å². The quantitative estimate of drug-likeness (QED) is 0.828. The number of nitrogens with one attached hydrogen (secondary N) is 1. The molecule has 0 amide bonds. The van der Waals surface area contributed by atoms with Crippen LogP contribution in [0.1, 0.15) is 56.5 Å². The molecular formula is C15H27N3S. The molecule has 0 aliphatic heterocycles. The van der Waals surface area contributed by atoms with Gasteiger partial charge in [0.1, 0.15) is 0 Å². The van der Waals surface area contributed by atoms with Gasteiger partial charge in [-0.05, 0) is 25.8 Å². The highest BCUT2D eigenvalue weighted by Gasteiger charge is 2.23. The van der Waals surface area contributed by atoms with E-state index in [4.69, 9.17) is 4.98 Å². The number of anilines is 1. The van der Waals surface area contributed by atoms with Crippen molar-refractivity contribution in [2.75, 3.05) is 18.5 Å². The van der Waals surface area contributed by atoms with Gasteiger partial charge in [-0.15, -0.1) is 11.3 Å². The molecule has 1 fully saturated rings. The van der Waals surface area contributed by atoms with Crippen LogP contribution in [-0.4, -0.2) is 24.6 Å². The fraction of sp³-hybridized carbons (Fsp3) is 0.800. The number of rotatable bonds is 7. The van der Waals surface area contributed by atoms with Gasteiger partial charge >= 0.3 is 0 Å². The highest BCUT2D eigenvalue weighted by atomic mass is 32.1. The van der Waals surface area contributed by atoms with Gasteiger partial charge in [0.05, 0.1) is 5.69 Å². The van der Waals surface area contributed by atoms with E-state index in [-0.39, 0.29) is 0 Å². The molecule has 1 heterocycles. The summed E-state index contributed by atoms with van der Waals surface area (Å²) in [6.07, 6.45) is 7.72. The summed E-state index contributed by atoms with van der Waals surface area (Å²) in [6.45, 7) is 6.39. The lowest BCUT2D eigenvalue weighted by molar-refractivity contribution is 0.650. The second kappa shape index (κ2) is 7.25. The van der Waals surface area contributed by atoms with E-state index in [0.717, 1.165) is 19.5 Å². The minimum absolute atomic E-state index is 0.715. The van der Waals surface area contributed by atoms with Crippen molar-refractivity contribution in [2.45, 2.75) is 65.0 Å². The van der Waals surface area contributed by atoms with Crippen molar-refractivity contribution in [3.63, 3.8) is 0 Å². The van der Waals surface area contributed by atoms with Crippen molar-refractivity contribution >= 4 is 16.5 Å². The highest BCUT2D eigenvalue weighted by Crippen LogP contribution is 2.32. The van der Waals surface area contributed by atoms with E-state index in [2.05, 4.69) is 31.1 Å². The molecule has 19 heavy (non-hydrogen) atoms. The molecule has 0 radical (unpaired) electrons. The van der Waals surface area contributed by atoms with E-state index >= 15 is 0 Å². The normalized spacial score (nSPS) is 16.2. The molecule has 1 aliphatic carbocycles. The van der Waals surface area contributed by atoms with Gasteiger partial charge in [0.15, 0.2) is 5.13 Å². The first-order valence-corrected chi connectivity index (χ1v) is 8.50. The van der Waals surface area contributed by atoms with E-state index in [0.29, 0.717) is 6.04 Å². The summed E-state index contributed by atoms with van der Waals surface area (Å²) in [6, 6.07) is 0.715. The Balaban J connectivity index is 2.10. The summed E-state index contributed by atoms with van der Waals surface area (Å²) in [5.74, 6) is 0. The van der Waals surface area contributed by atoms with Crippen LogP contribution in [0, 0.1) is 0 Å². The summed E-state index contributed by atoms with van der Waals surface area (Å²) >= 11 is 1.89. The predicted octanol–water partition coefficient (Wildman–Crippen LogP) is 3.58. The van der Waals surface area contributed by atoms with Gasteiger partial charge in [-0.2, -0.15) is 0 Å². The van der Waals surface area contributed by atoms with Crippen molar-refractivity contribution in [1.29, 1.82) is 0 Å². The summed E-state index contributed by atoms with van der Waals surface area (Å²) < 4.78 is 0. The van der Waals surface area contributed by atoms with E-state index < -0.39 is 0 Å². The fourth-order valence-corrected chi connectivity index (χ4v) is 3.89. The van der Waals surface area contributed by atoms with Crippen LogP contribution in [0.15, 0.2) is 0 Å². The first-order valence-electron chi connectivity index (χ1n) is 7.68. The lowest BCUT2D eigenvalue weighted by atomic mass is 10.2. The molecular weight excluding hydrogens is 254 g/mol. The summed E-state index contributed by atoms with van der Waals surface area (Å²) in [5.41, 5.74) is 1.31. The Bertz CT molecular complexity index is 383. The summed E-state index contributed by atoms with van der Waals surface area (Å²) in [5, 5.41) is 4.66. The van der Waals surface area contributed by atoms with Crippen molar-refractivity contribution in [1.82, 2.24) is 10.3 Å². The van der Waals surface area contributed by atoms with Crippen LogP contribution < -0.4 is 10.2 Å². The Kier molecular flexibility index (Phi) is 5.64. The monoisotopic (exact) mass is 281 g/mol. The molecule has 0 spiro atoms. The molecule has 3 nitrogen and oxygen atoms in total. The zero-order valence-corrected chi connectivity index (χ0v) is 13.4. The Morgan fingerprint density at radius 3 is 2.68 bits per heavy atom. The Labute approximate surface area is 121 Å². The van der Waals surface area contributed by atoms with Gasteiger partial charge in [0.25, 0.3) is 0 Å². The van der Waals surface area contributed by atoms with Crippen LogP contribution in [0.3, 0.4) is 0 Å². The van der Waals surface area contributed by atoms with Crippen LogP contribution >= 0.6 is 11.3 Å². The molecule has 2 rings (SSSR count). The molecule has 0 unspecified atom stereocenters. The Morgan fingerprint density at radius 1 is 1.32 bits per heavy atom. The van der Waals surface area contributed by atoms with Gasteiger partial charge in [-0.3, -0.25) is 0 Å². The summed E-state index contributed by atoms with van der Waals surface area (Å²) in [4.78, 5) is 8.76. The minimum Gasteiger partial charge on any atom is -0.348 e. The van der Waals surface area contributed by atoms with Crippen molar-refractivity contribution < 1.29 is 0 Å². The fourth-order valence-electron chi connectivity index (χ4n) is 2.78. The Morgan fingerprint density at radius 2 is 2.05 bits per heavy atom. The second-order valence-corrected chi connectivity index (χ2v) is 6.51. The smallest absolute Gasteiger partial charge is 0.185 e. The van der Waals surface area contributed by atoms with Crippen LogP contribution in [-0.2, 0) is 13.0 Å². The zero-order valence-electron chi connectivity index (χ0n) is 12.5. The molecule has 1 N–H and O–H groups in total. The minimum atomic E-state index is 0.715. The van der Waals surface area contributed by atoms with Crippen LogP contribution in [0.2, 0.25) is 0 Å². The number of nitrogens with zero attached hydrogens (tertiary/aromatic N) is 2. The molecule has 0 atom stereocenters. The standard InChI is InChI=1S/C15H27N3S/c1-4-8-13-14(11-16-5-2)19-15(17-13)18(3)12-9-6-7-10-12/h12,16H,4-11H2,1-3H3. The molecule has 0 aromatic carbocycles. The number of thiazole rings is 1. The van der Waals surface area contributed by atoms with Crippen LogP contribution in [0.25, 0.3) is 0 Å². The maximum atomic E-state index is 4.90. The van der Waals surface area contributed by atoms with E-state index in [1.165, 1.54) is 47.8 Å². The average Bonchev–Trinajstić information content (AvgIpc) is 3.06. The zero-order chi connectivity index (χ0) is 13.7. The number of hydrogen-bond acceptors (Lipinski definition) is 4. The van der Waals surface area contributed by atoms with Gasteiger partial charge < -0.3 is 10.2 Å². The number of aryl methyl sites for hydroxylation is 1. The molecule has 1 aromatic rings. The van der Waals surface area contributed by atoms with E-state index in [1.807, 2.05) is 11.3 Å². The van der Waals surface area contributed by atoms with E-state index in [9.17, 15) is 0 Å². The van der Waals surface area contributed by atoms with Crippen molar-refractivity contribution in [3.05, 3.63) is 10.6 Å². The first-order chi connectivity index (χ1) is 9.26. The lowest BCUT2D eigenvalue weighted by Crippen LogP contribution is -2.28. The molecule has 1 aliphatic rings. The van der Waals surface area contributed by atoms with Gasteiger partial charge in [-0.1, -0.05) is 33.1 Å². The predicted molar refractivity (Wildman–Crippen MR) is 84.1 cm³/mol. The lowest BCUT2D eigenvalue weighted by Gasteiger charge is -2.23. The topological polar surface area (TPSA) is 28.2 Å². The number of hydrogen-bond donors (Lipinski definition) is 1. The molecule has 1 saturated carbocycles. The van der Waals surface area contributed by atoms with Crippen molar-refractivity contribution in [3.8, 4) is 0 Å². The van der Waals surface area contributed by atoms with Gasteiger partial charge in [-0.25, -0.2) is 4.98 Å². The maximum Gasteiger partial charge on any atom is 0.185 e. The van der Waals surface area contributed by atoms with Gasteiger partial charge in [0, 0.05) is 24.5 Å². The molecule has 0 bridgehead atoms. The average molecular weight is 281 g/mol. The van der Waals surface area contributed by atoms with Crippen LogP contribution in [0.4, 0.5) is 5.13 Å². The Hall–Kier alpha value is -0.610. The third kappa shape index (κ3) is 3.69. The second-order valence-electron chi connectivity index (χ2n) is 5.45. The van der Waals surface area contributed by atoms with E-state index in [1.54, 1.807) is 0 Å². The summed E-state index contributed by atoms with van der Waals surface area (Å²) in [7, 11) is 2.22. The molecule has 1 aromatic heterocycles. The molecule has 108 valence electrons. The SMILES string of the molecule is CCCc1nc(N(C)C2CCCC2)sc1CNCC. The largest absolute Gasteiger partial charge is 0.348 e.